The van der Waals surface area contributed by atoms with Crippen molar-refractivity contribution in [2.45, 2.75) is 20.8 Å². The van der Waals surface area contributed by atoms with E-state index < -0.39 is 0 Å². The number of para-hydroxylation sites is 1. The molecule has 2 rings (SSSR count). The molecule has 0 aliphatic heterocycles. The van der Waals surface area contributed by atoms with Gasteiger partial charge in [-0.1, -0.05) is 18.2 Å². The summed E-state index contributed by atoms with van der Waals surface area (Å²) in [6.45, 7) is 5.20. The molecule has 0 saturated carbocycles. The van der Waals surface area contributed by atoms with E-state index in [1.165, 1.54) is 11.8 Å². The lowest BCUT2D eigenvalue weighted by atomic mass is 10.1. The van der Waals surface area contributed by atoms with E-state index in [-0.39, 0.29) is 18.4 Å². The van der Waals surface area contributed by atoms with Gasteiger partial charge in [-0.2, -0.15) is 5.26 Å². The summed E-state index contributed by atoms with van der Waals surface area (Å²) >= 11 is 0. The van der Waals surface area contributed by atoms with Crippen molar-refractivity contribution in [2.75, 3.05) is 16.8 Å². The molecular weight excluding hydrogens is 302 g/mol. The Hall–Kier alpha value is -3.13. The summed E-state index contributed by atoms with van der Waals surface area (Å²) < 4.78 is 0. The fraction of sp³-hybridized carbons (Fsp3) is 0.211. The average Bonchev–Trinajstić information content (AvgIpc) is 2.54. The lowest BCUT2D eigenvalue weighted by Crippen LogP contribution is -2.37. The summed E-state index contributed by atoms with van der Waals surface area (Å²) in [4.78, 5) is 25.8. The Morgan fingerprint density at radius 3 is 2.17 bits per heavy atom. The van der Waals surface area contributed by atoms with Crippen molar-refractivity contribution < 1.29 is 9.59 Å². The van der Waals surface area contributed by atoms with Gasteiger partial charge in [-0.3, -0.25) is 9.59 Å². The third kappa shape index (κ3) is 3.99. The molecule has 0 aliphatic carbocycles. The quantitative estimate of drug-likeness (QED) is 0.940. The van der Waals surface area contributed by atoms with E-state index in [4.69, 9.17) is 5.26 Å². The molecule has 0 saturated heterocycles. The zero-order valence-electron chi connectivity index (χ0n) is 14.0. The summed E-state index contributed by atoms with van der Waals surface area (Å²) in [6.07, 6.45) is 0. The van der Waals surface area contributed by atoms with Crippen LogP contribution < -0.4 is 10.2 Å². The number of carbonyl (C=O) groups excluding carboxylic acids is 2. The standard InChI is InChI=1S/C19H19N3O2/c1-13-5-4-6-14(2)19(13)22(15(3)23)12-18(24)21-17-9-7-16(11-20)8-10-17/h4-10H,12H2,1-3H3,(H,21,24). The van der Waals surface area contributed by atoms with Crippen molar-refractivity contribution in [3.8, 4) is 6.07 Å². The number of anilines is 2. The number of rotatable bonds is 4. The Bertz CT molecular complexity index is 784. The topological polar surface area (TPSA) is 73.2 Å². The lowest BCUT2D eigenvalue weighted by molar-refractivity contribution is -0.120. The van der Waals surface area contributed by atoms with E-state index in [0.29, 0.717) is 11.3 Å². The van der Waals surface area contributed by atoms with Gasteiger partial charge >= 0.3 is 0 Å². The Morgan fingerprint density at radius 2 is 1.67 bits per heavy atom. The van der Waals surface area contributed by atoms with Crippen molar-refractivity contribution in [3.05, 3.63) is 59.2 Å². The van der Waals surface area contributed by atoms with Crippen LogP contribution in [0.2, 0.25) is 0 Å². The Morgan fingerprint density at radius 1 is 1.08 bits per heavy atom. The molecule has 0 fully saturated rings. The highest BCUT2D eigenvalue weighted by Gasteiger charge is 2.19. The van der Waals surface area contributed by atoms with Crippen LogP contribution in [0.25, 0.3) is 0 Å². The number of benzene rings is 2. The average molecular weight is 321 g/mol. The number of hydrogen-bond acceptors (Lipinski definition) is 3. The molecule has 2 aromatic rings. The molecule has 0 bridgehead atoms. The van der Waals surface area contributed by atoms with Gasteiger partial charge in [0.2, 0.25) is 11.8 Å². The largest absolute Gasteiger partial charge is 0.325 e. The first kappa shape index (κ1) is 17.2. The van der Waals surface area contributed by atoms with Gasteiger partial charge in [0, 0.05) is 12.6 Å². The second kappa shape index (κ2) is 7.42. The SMILES string of the molecule is CC(=O)N(CC(=O)Nc1ccc(C#N)cc1)c1c(C)cccc1C. The normalized spacial score (nSPS) is 9.92. The van der Waals surface area contributed by atoms with Crippen LogP contribution in [-0.4, -0.2) is 18.4 Å². The second-order valence-corrected chi connectivity index (χ2v) is 5.58. The zero-order chi connectivity index (χ0) is 17.7. The first-order chi connectivity index (χ1) is 11.4. The minimum absolute atomic E-state index is 0.0684. The summed E-state index contributed by atoms with van der Waals surface area (Å²) in [6, 6.07) is 14.3. The van der Waals surface area contributed by atoms with Gasteiger partial charge in [-0.15, -0.1) is 0 Å². The first-order valence-corrected chi connectivity index (χ1v) is 7.56. The number of carbonyl (C=O) groups is 2. The van der Waals surface area contributed by atoms with E-state index >= 15 is 0 Å². The molecule has 5 heteroatoms. The molecule has 122 valence electrons. The molecule has 24 heavy (non-hydrogen) atoms. The van der Waals surface area contributed by atoms with Crippen LogP contribution in [0.4, 0.5) is 11.4 Å². The number of aryl methyl sites for hydroxylation is 2. The fourth-order valence-electron chi connectivity index (χ4n) is 2.55. The van der Waals surface area contributed by atoms with Crippen LogP contribution in [0.15, 0.2) is 42.5 Å². The van der Waals surface area contributed by atoms with Crippen molar-refractivity contribution >= 4 is 23.2 Å². The van der Waals surface area contributed by atoms with Crippen molar-refractivity contribution in [3.63, 3.8) is 0 Å². The maximum absolute atomic E-state index is 12.3. The molecule has 1 N–H and O–H groups in total. The highest BCUT2D eigenvalue weighted by molar-refractivity contribution is 6.02. The predicted octanol–water partition coefficient (Wildman–Crippen LogP) is 3.17. The monoisotopic (exact) mass is 321 g/mol. The summed E-state index contributed by atoms with van der Waals surface area (Å²) in [5.74, 6) is -0.486. The Kier molecular flexibility index (Phi) is 5.33. The van der Waals surface area contributed by atoms with Crippen LogP contribution >= 0.6 is 0 Å². The third-order valence-corrected chi connectivity index (χ3v) is 3.69. The number of nitrogens with zero attached hydrogens (tertiary/aromatic N) is 2. The lowest BCUT2D eigenvalue weighted by Gasteiger charge is -2.24. The van der Waals surface area contributed by atoms with E-state index in [9.17, 15) is 9.59 Å². The van der Waals surface area contributed by atoms with Crippen LogP contribution in [0.5, 0.6) is 0 Å². The van der Waals surface area contributed by atoms with Gasteiger partial charge in [0.1, 0.15) is 6.54 Å². The first-order valence-electron chi connectivity index (χ1n) is 7.56. The van der Waals surface area contributed by atoms with Crippen molar-refractivity contribution in [1.82, 2.24) is 0 Å². The molecule has 0 spiro atoms. The van der Waals surface area contributed by atoms with E-state index in [1.807, 2.05) is 38.1 Å². The van der Waals surface area contributed by atoms with E-state index in [0.717, 1.165) is 16.8 Å². The molecule has 0 aliphatic rings. The van der Waals surface area contributed by atoms with Crippen molar-refractivity contribution in [2.24, 2.45) is 0 Å². The highest BCUT2D eigenvalue weighted by atomic mass is 16.2. The smallest absolute Gasteiger partial charge is 0.244 e. The van der Waals surface area contributed by atoms with Crippen LogP contribution in [0.3, 0.4) is 0 Å². The van der Waals surface area contributed by atoms with Gasteiger partial charge in [0.05, 0.1) is 17.3 Å². The number of nitrogens with one attached hydrogen (secondary N) is 1. The third-order valence-electron chi connectivity index (χ3n) is 3.69. The number of nitriles is 1. The molecule has 0 atom stereocenters. The van der Waals surface area contributed by atoms with Gasteiger partial charge in [0.15, 0.2) is 0 Å². The Balaban J connectivity index is 2.17. The molecule has 0 unspecified atom stereocenters. The van der Waals surface area contributed by atoms with Gasteiger partial charge in [-0.25, -0.2) is 0 Å². The highest BCUT2D eigenvalue weighted by Crippen LogP contribution is 2.24. The summed E-state index contributed by atoms with van der Waals surface area (Å²) in [5.41, 5.74) is 3.76. The minimum Gasteiger partial charge on any atom is -0.325 e. The maximum atomic E-state index is 12.3. The van der Waals surface area contributed by atoms with Crippen LogP contribution in [0, 0.1) is 25.2 Å². The maximum Gasteiger partial charge on any atom is 0.244 e. The molecule has 5 nitrogen and oxygen atoms in total. The van der Waals surface area contributed by atoms with Crippen molar-refractivity contribution in [1.29, 1.82) is 5.26 Å². The van der Waals surface area contributed by atoms with Crippen LogP contribution in [0.1, 0.15) is 23.6 Å². The molecule has 0 radical (unpaired) electrons. The number of amides is 2. The summed E-state index contributed by atoms with van der Waals surface area (Å²) in [5, 5.41) is 11.5. The number of hydrogen-bond donors (Lipinski definition) is 1. The molecular formula is C19H19N3O2. The molecule has 0 heterocycles. The van der Waals surface area contributed by atoms with Gasteiger partial charge < -0.3 is 10.2 Å². The zero-order valence-corrected chi connectivity index (χ0v) is 14.0. The minimum atomic E-state index is -0.294. The fourth-order valence-corrected chi connectivity index (χ4v) is 2.55. The van der Waals surface area contributed by atoms with Gasteiger partial charge in [0.25, 0.3) is 0 Å². The second-order valence-electron chi connectivity index (χ2n) is 5.58. The van der Waals surface area contributed by atoms with Gasteiger partial charge in [-0.05, 0) is 49.2 Å². The van der Waals surface area contributed by atoms with E-state index in [1.54, 1.807) is 24.3 Å². The Labute approximate surface area is 141 Å². The summed E-state index contributed by atoms with van der Waals surface area (Å²) in [7, 11) is 0. The predicted molar refractivity (Wildman–Crippen MR) is 93.7 cm³/mol. The molecule has 0 aromatic heterocycles. The van der Waals surface area contributed by atoms with E-state index in [2.05, 4.69) is 5.32 Å². The van der Waals surface area contributed by atoms with Crippen LogP contribution in [-0.2, 0) is 9.59 Å². The molecule has 2 amide bonds. The molecule has 2 aromatic carbocycles.